The first-order valence-corrected chi connectivity index (χ1v) is 12.2. The van der Waals surface area contributed by atoms with E-state index in [-0.39, 0.29) is 12.6 Å². The van der Waals surface area contributed by atoms with Gasteiger partial charge >= 0.3 is 0 Å². The van der Waals surface area contributed by atoms with Crippen molar-refractivity contribution in [3.8, 4) is 5.75 Å². The quantitative estimate of drug-likeness (QED) is 0.467. The molecule has 1 aromatic rings. The van der Waals surface area contributed by atoms with Gasteiger partial charge in [0.1, 0.15) is 5.75 Å². The van der Waals surface area contributed by atoms with Gasteiger partial charge in [-0.2, -0.15) is 0 Å². The number of guanidine groups is 1. The van der Waals surface area contributed by atoms with Crippen molar-refractivity contribution in [3.63, 3.8) is 0 Å². The van der Waals surface area contributed by atoms with Crippen LogP contribution in [0.4, 0.5) is 0 Å². The first kappa shape index (κ1) is 23.5. The minimum Gasteiger partial charge on any atom is -0.497 e. The molecule has 7 nitrogen and oxygen atoms in total. The van der Waals surface area contributed by atoms with Crippen LogP contribution in [-0.2, 0) is 9.84 Å². The Morgan fingerprint density at radius 1 is 1.28 bits per heavy atom. The van der Waals surface area contributed by atoms with E-state index in [4.69, 9.17) is 4.74 Å². The SMILES string of the molecule is CCNC(=NCC(C)(C)S(C)(=O)=O)NCC(c1cccc(OC)c1)N1CCCC1. The second kappa shape index (κ2) is 10.3. The van der Waals surface area contributed by atoms with E-state index < -0.39 is 14.6 Å². The normalized spacial score (nSPS) is 17.2. The van der Waals surface area contributed by atoms with Crippen molar-refractivity contribution in [2.45, 2.75) is 44.4 Å². The minimum atomic E-state index is -3.19. The average Bonchev–Trinajstić information content (AvgIpc) is 3.20. The molecule has 1 saturated heterocycles. The molecule has 0 bridgehead atoms. The van der Waals surface area contributed by atoms with E-state index in [1.165, 1.54) is 24.7 Å². The van der Waals surface area contributed by atoms with Crippen LogP contribution < -0.4 is 15.4 Å². The molecular formula is C21H36N4O3S. The molecule has 0 radical (unpaired) electrons. The highest BCUT2D eigenvalue weighted by molar-refractivity contribution is 7.92. The van der Waals surface area contributed by atoms with Crippen molar-refractivity contribution in [2.75, 3.05) is 46.1 Å². The molecule has 1 fully saturated rings. The Labute approximate surface area is 175 Å². The highest BCUT2D eigenvalue weighted by atomic mass is 32.2. The van der Waals surface area contributed by atoms with E-state index in [0.717, 1.165) is 18.8 Å². The smallest absolute Gasteiger partial charge is 0.191 e. The molecule has 0 aliphatic carbocycles. The Bertz CT molecular complexity index is 787. The summed E-state index contributed by atoms with van der Waals surface area (Å²) in [6.45, 7) is 9.14. The molecule has 1 aliphatic rings. The molecule has 1 aliphatic heterocycles. The van der Waals surface area contributed by atoms with E-state index in [0.29, 0.717) is 19.0 Å². The Hall–Kier alpha value is -1.80. The molecule has 1 heterocycles. The monoisotopic (exact) mass is 424 g/mol. The molecule has 2 N–H and O–H groups in total. The molecule has 1 atom stereocenters. The summed E-state index contributed by atoms with van der Waals surface area (Å²) < 4.78 is 28.5. The van der Waals surface area contributed by atoms with E-state index in [9.17, 15) is 8.42 Å². The standard InChI is InChI=1S/C21H36N4O3S/c1-6-22-20(24-16-21(2,3)29(5,26)27)23-15-19(25-12-7-8-13-25)17-10-9-11-18(14-17)28-4/h9-11,14,19H,6-8,12-13,15-16H2,1-5H3,(H2,22,23,24). The number of hydrogen-bond donors (Lipinski definition) is 2. The molecule has 29 heavy (non-hydrogen) atoms. The zero-order valence-electron chi connectivity index (χ0n) is 18.4. The number of likely N-dealkylation sites (tertiary alicyclic amines) is 1. The Balaban J connectivity index is 2.16. The summed E-state index contributed by atoms with van der Waals surface area (Å²) in [6.07, 6.45) is 3.67. The molecular weight excluding hydrogens is 388 g/mol. The lowest BCUT2D eigenvalue weighted by Crippen LogP contribution is -2.44. The predicted molar refractivity (Wildman–Crippen MR) is 119 cm³/mol. The summed E-state index contributed by atoms with van der Waals surface area (Å²) in [5.74, 6) is 1.48. The van der Waals surface area contributed by atoms with E-state index in [2.05, 4.69) is 32.7 Å². The van der Waals surface area contributed by atoms with Gasteiger partial charge in [-0.1, -0.05) is 12.1 Å². The van der Waals surface area contributed by atoms with Crippen molar-refractivity contribution in [1.29, 1.82) is 0 Å². The van der Waals surface area contributed by atoms with Crippen LogP contribution >= 0.6 is 0 Å². The van der Waals surface area contributed by atoms with Crippen LogP contribution in [0.2, 0.25) is 0 Å². The lowest BCUT2D eigenvalue weighted by Gasteiger charge is -2.29. The third-order valence-electron chi connectivity index (χ3n) is 5.49. The molecule has 1 aromatic carbocycles. The Morgan fingerprint density at radius 2 is 1.97 bits per heavy atom. The maximum Gasteiger partial charge on any atom is 0.191 e. The summed E-state index contributed by atoms with van der Waals surface area (Å²) in [6, 6.07) is 8.38. The van der Waals surface area contributed by atoms with E-state index in [1.54, 1.807) is 21.0 Å². The van der Waals surface area contributed by atoms with Gasteiger partial charge in [-0.05, 0) is 64.4 Å². The van der Waals surface area contributed by atoms with Gasteiger partial charge < -0.3 is 15.4 Å². The predicted octanol–water partition coefficient (Wildman–Crippen LogP) is 2.21. The molecule has 0 amide bonds. The van der Waals surface area contributed by atoms with Crippen LogP contribution in [-0.4, -0.2) is 70.1 Å². The highest BCUT2D eigenvalue weighted by Crippen LogP contribution is 2.27. The molecule has 0 aromatic heterocycles. The van der Waals surface area contributed by atoms with Crippen LogP contribution in [0.15, 0.2) is 29.3 Å². The number of rotatable bonds is 9. The van der Waals surface area contributed by atoms with Gasteiger partial charge in [0.15, 0.2) is 15.8 Å². The zero-order chi connectivity index (χ0) is 21.5. The third-order valence-corrected chi connectivity index (χ3v) is 7.63. The number of nitrogens with zero attached hydrogens (tertiary/aromatic N) is 2. The largest absolute Gasteiger partial charge is 0.497 e. The van der Waals surface area contributed by atoms with E-state index >= 15 is 0 Å². The third kappa shape index (κ3) is 6.60. The van der Waals surface area contributed by atoms with Crippen molar-refractivity contribution in [2.24, 2.45) is 4.99 Å². The highest BCUT2D eigenvalue weighted by Gasteiger charge is 2.30. The first-order chi connectivity index (χ1) is 13.7. The number of nitrogens with one attached hydrogen (secondary N) is 2. The van der Waals surface area contributed by atoms with Crippen LogP contribution in [0.5, 0.6) is 5.75 Å². The summed E-state index contributed by atoms with van der Waals surface area (Å²) in [5, 5.41) is 6.65. The fourth-order valence-electron chi connectivity index (χ4n) is 3.28. The maximum atomic E-state index is 12.0. The maximum absolute atomic E-state index is 12.0. The summed E-state index contributed by atoms with van der Waals surface area (Å²) in [7, 11) is -1.51. The van der Waals surface area contributed by atoms with Crippen LogP contribution in [0.1, 0.15) is 45.2 Å². The van der Waals surface area contributed by atoms with Crippen LogP contribution in [0.3, 0.4) is 0 Å². The molecule has 8 heteroatoms. The fourth-order valence-corrected chi connectivity index (χ4v) is 3.58. The van der Waals surface area contributed by atoms with Crippen molar-refractivity contribution < 1.29 is 13.2 Å². The van der Waals surface area contributed by atoms with Gasteiger partial charge in [0.2, 0.25) is 0 Å². The van der Waals surface area contributed by atoms with Crippen molar-refractivity contribution >= 4 is 15.8 Å². The molecule has 1 unspecified atom stereocenters. The number of benzene rings is 1. The summed E-state index contributed by atoms with van der Waals surface area (Å²) >= 11 is 0. The minimum absolute atomic E-state index is 0.194. The average molecular weight is 425 g/mol. The van der Waals surface area contributed by atoms with Gasteiger partial charge in [-0.15, -0.1) is 0 Å². The van der Waals surface area contributed by atoms with Gasteiger partial charge in [0.05, 0.1) is 24.4 Å². The Kier molecular flexibility index (Phi) is 8.34. The van der Waals surface area contributed by atoms with Crippen LogP contribution in [0, 0.1) is 0 Å². The van der Waals surface area contributed by atoms with Gasteiger partial charge in [-0.25, -0.2) is 8.42 Å². The first-order valence-electron chi connectivity index (χ1n) is 10.3. The van der Waals surface area contributed by atoms with Crippen LogP contribution in [0.25, 0.3) is 0 Å². The second-order valence-electron chi connectivity index (χ2n) is 8.14. The van der Waals surface area contributed by atoms with Gasteiger partial charge in [-0.3, -0.25) is 9.89 Å². The Morgan fingerprint density at radius 3 is 2.55 bits per heavy atom. The number of ether oxygens (including phenoxy) is 1. The molecule has 0 saturated carbocycles. The number of aliphatic imine (C=N–C) groups is 1. The molecule has 0 spiro atoms. The fraction of sp³-hybridized carbons (Fsp3) is 0.667. The number of methoxy groups -OCH3 is 1. The van der Waals surface area contributed by atoms with E-state index in [1.807, 2.05) is 19.1 Å². The number of hydrogen-bond acceptors (Lipinski definition) is 5. The van der Waals surface area contributed by atoms with Crippen molar-refractivity contribution in [1.82, 2.24) is 15.5 Å². The molecule has 2 rings (SSSR count). The topological polar surface area (TPSA) is 83.0 Å². The lowest BCUT2D eigenvalue weighted by atomic mass is 10.1. The summed E-state index contributed by atoms with van der Waals surface area (Å²) in [5.41, 5.74) is 1.20. The lowest BCUT2D eigenvalue weighted by molar-refractivity contribution is 0.245. The van der Waals surface area contributed by atoms with Crippen molar-refractivity contribution in [3.05, 3.63) is 29.8 Å². The zero-order valence-corrected chi connectivity index (χ0v) is 19.2. The molecule has 164 valence electrons. The van der Waals surface area contributed by atoms with Gasteiger partial charge in [0.25, 0.3) is 0 Å². The summed E-state index contributed by atoms with van der Waals surface area (Å²) in [4.78, 5) is 7.03. The second-order valence-corrected chi connectivity index (χ2v) is 10.8. The number of sulfone groups is 1. The van der Waals surface area contributed by atoms with Gasteiger partial charge in [0, 0.05) is 19.3 Å².